The van der Waals surface area contributed by atoms with Gasteiger partial charge in [0.15, 0.2) is 0 Å². The van der Waals surface area contributed by atoms with Gasteiger partial charge in [0.05, 0.1) is 18.2 Å². The van der Waals surface area contributed by atoms with Gasteiger partial charge in [-0.2, -0.15) is 0 Å². The van der Waals surface area contributed by atoms with Crippen molar-refractivity contribution in [2.75, 3.05) is 18.6 Å². The Morgan fingerprint density at radius 2 is 1.41 bits per heavy atom. The minimum absolute atomic E-state index is 0.00461. The first kappa shape index (κ1) is 35.4. The summed E-state index contributed by atoms with van der Waals surface area (Å²) in [5.74, 6) is -4.23. The molecule has 0 spiro atoms. The van der Waals surface area contributed by atoms with Gasteiger partial charge in [-0.3, -0.25) is 34.4 Å². The fourth-order valence-corrected chi connectivity index (χ4v) is 4.66. The van der Waals surface area contributed by atoms with Gasteiger partial charge < -0.3 is 21.1 Å². The zero-order valence-corrected chi connectivity index (χ0v) is 26.2. The lowest BCUT2D eigenvalue weighted by Crippen LogP contribution is -2.49. The molecule has 0 saturated carbocycles. The van der Waals surface area contributed by atoms with Crippen LogP contribution in [0.2, 0.25) is 0 Å². The van der Waals surface area contributed by atoms with Crippen molar-refractivity contribution in [1.29, 1.82) is 0 Å². The van der Waals surface area contributed by atoms with Crippen LogP contribution in [0.4, 0.5) is 5.69 Å². The number of carbonyl (C=O) groups excluding carboxylic acids is 5. The first-order valence-electron chi connectivity index (χ1n) is 15.4. The number of Topliss-reactive ketones (excluding diaryl/α,β-unsaturated/α-hetero) is 1. The Balaban J connectivity index is 1.68. The summed E-state index contributed by atoms with van der Waals surface area (Å²) in [5.41, 5.74) is 10.8. The largest absolute Gasteiger partial charge is 0.461 e. The number of hydrogen-bond acceptors (Lipinski definition) is 8. The molecule has 0 aromatic heterocycles. The van der Waals surface area contributed by atoms with E-state index in [1.807, 2.05) is 91.0 Å². The molecule has 0 fully saturated rings. The summed E-state index contributed by atoms with van der Waals surface area (Å²) in [6, 6.07) is 26.3. The van der Waals surface area contributed by atoms with Gasteiger partial charge in [-0.1, -0.05) is 78.9 Å². The van der Waals surface area contributed by atoms with Crippen LogP contribution in [0.15, 0.2) is 91.0 Å². The molecule has 3 amide bonds. The molecular formula is C35H43N5O6. The van der Waals surface area contributed by atoms with Gasteiger partial charge >= 0.3 is 5.97 Å². The van der Waals surface area contributed by atoms with Crippen molar-refractivity contribution in [1.82, 2.24) is 16.1 Å². The van der Waals surface area contributed by atoms with E-state index < -0.39 is 35.5 Å². The third-order valence-electron chi connectivity index (χ3n) is 7.28. The summed E-state index contributed by atoms with van der Waals surface area (Å²) in [7, 11) is 1.69. The highest BCUT2D eigenvalue weighted by atomic mass is 16.5. The zero-order chi connectivity index (χ0) is 33.1. The maximum atomic E-state index is 13.6. The number of ketones is 1. The van der Waals surface area contributed by atoms with Gasteiger partial charge in [0, 0.05) is 25.9 Å². The number of nitrogens with two attached hydrogens (primary N) is 1. The molecule has 11 heteroatoms. The summed E-state index contributed by atoms with van der Waals surface area (Å²) >= 11 is 0. The molecule has 11 nitrogen and oxygen atoms in total. The van der Waals surface area contributed by atoms with Gasteiger partial charge in [0.2, 0.25) is 17.6 Å². The Morgan fingerprint density at radius 3 is 2.04 bits per heavy atom. The molecule has 0 aliphatic rings. The standard InChI is InChI=1S/C35H43N5O6/c1-40(29-17-9-4-10-18-29)39-31(41)21-20-28(23-32(42)46-25-27-15-7-3-8-16-27)34(44)38-30(19-11-12-22-36)33(43)35(45)37-24-26-13-5-2-6-14-26/h2-10,13-18,28,30H,11-12,19-25,36H2,1H3,(H,37,45)(H,38,44)(H,39,41)/t28-,30+/m1/s1. The molecule has 2 atom stereocenters. The summed E-state index contributed by atoms with van der Waals surface area (Å²) < 4.78 is 5.41. The number of hydrazine groups is 1. The van der Waals surface area contributed by atoms with Gasteiger partial charge in [-0.25, -0.2) is 0 Å². The van der Waals surface area contributed by atoms with E-state index in [0.29, 0.717) is 19.4 Å². The summed E-state index contributed by atoms with van der Waals surface area (Å²) in [4.78, 5) is 65.3. The van der Waals surface area contributed by atoms with Crippen molar-refractivity contribution in [2.24, 2.45) is 11.7 Å². The molecule has 0 bridgehead atoms. The van der Waals surface area contributed by atoms with E-state index in [4.69, 9.17) is 10.5 Å². The van der Waals surface area contributed by atoms with Gasteiger partial charge in [0.25, 0.3) is 5.91 Å². The Bertz CT molecular complexity index is 1400. The fourth-order valence-electron chi connectivity index (χ4n) is 4.66. The highest BCUT2D eigenvalue weighted by molar-refractivity contribution is 6.38. The fraction of sp³-hybridized carbons (Fsp3) is 0.343. The Labute approximate surface area is 269 Å². The smallest absolute Gasteiger partial charge is 0.306 e. The Kier molecular flexibility index (Phi) is 14.9. The Hall–Kier alpha value is -5.03. The molecule has 3 aromatic carbocycles. The van der Waals surface area contributed by atoms with E-state index >= 15 is 0 Å². The first-order chi connectivity index (χ1) is 22.3. The van der Waals surface area contributed by atoms with E-state index in [1.54, 1.807) is 12.1 Å². The third-order valence-corrected chi connectivity index (χ3v) is 7.28. The monoisotopic (exact) mass is 629 g/mol. The van der Waals surface area contributed by atoms with Crippen LogP contribution in [0.3, 0.4) is 0 Å². The van der Waals surface area contributed by atoms with Crippen LogP contribution in [0.5, 0.6) is 0 Å². The van der Waals surface area contributed by atoms with E-state index in [9.17, 15) is 24.0 Å². The number of benzene rings is 3. The number of anilines is 1. The van der Waals surface area contributed by atoms with Gasteiger partial charge in [0.1, 0.15) is 6.61 Å². The number of esters is 1. The van der Waals surface area contributed by atoms with E-state index in [1.165, 1.54) is 0 Å². The van der Waals surface area contributed by atoms with Crippen LogP contribution in [0, 0.1) is 5.92 Å². The number of carbonyl (C=O) groups is 5. The molecule has 3 aromatic rings. The minimum atomic E-state index is -1.13. The number of rotatable bonds is 19. The van der Waals surface area contributed by atoms with Crippen LogP contribution < -0.4 is 26.8 Å². The SMILES string of the molecule is CN(NC(=O)CC[C@H](CC(=O)OCc1ccccc1)C(=O)N[C@@H](CCCCN)C(=O)C(=O)NCc1ccccc1)c1ccccc1. The summed E-state index contributed by atoms with van der Waals surface area (Å²) in [6.07, 6.45) is 0.889. The number of amides is 3. The molecule has 0 aliphatic carbocycles. The van der Waals surface area contributed by atoms with Crippen molar-refractivity contribution in [2.45, 2.75) is 57.7 Å². The van der Waals surface area contributed by atoms with E-state index in [2.05, 4.69) is 16.1 Å². The topological polar surface area (TPSA) is 160 Å². The Morgan fingerprint density at radius 1 is 0.804 bits per heavy atom. The van der Waals surface area contributed by atoms with Crippen LogP contribution in [-0.2, 0) is 41.9 Å². The summed E-state index contributed by atoms with van der Waals surface area (Å²) in [5, 5.41) is 6.86. The lowest BCUT2D eigenvalue weighted by Gasteiger charge is -2.23. The number of ether oxygens (including phenoxy) is 1. The molecule has 244 valence electrons. The van der Waals surface area contributed by atoms with E-state index in [-0.39, 0.29) is 44.7 Å². The molecule has 0 radical (unpaired) electrons. The lowest BCUT2D eigenvalue weighted by molar-refractivity contribution is -0.148. The third kappa shape index (κ3) is 12.5. The second kappa shape index (κ2) is 19.4. The maximum absolute atomic E-state index is 13.6. The van der Waals surface area contributed by atoms with E-state index in [0.717, 1.165) is 16.8 Å². The second-order valence-electron chi connectivity index (χ2n) is 10.9. The average Bonchev–Trinajstić information content (AvgIpc) is 3.08. The molecule has 3 rings (SSSR count). The number of unbranched alkanes of at least 4 members (excludes halogenated alkanes) is 1. The normalized spacial score (nSPS) is 11.9. The van der Waals surface area contributed by atoms with Crippen LogP contribution >= 0.6 is 0 Å². The first-order valence-corrected chi connectivity index (χ1v) is 15.4. The average molecular weight is 630 g/mol. The van der Waals surface area contributed by atoms with Crippen molar-refractivity contribution < 1.29 is 28.7 Å². The van der Waals surface area contributed by atoms with Crippen LogP contribution in [0.1, 0.15) is 49.7 Å². The highest BCUT2D eigenvalue weighted by Crippen LogP contribution is 2.16. The number of para-hydroxylation sites is 1. The predicted octanol–water partition coefficient (Wildman–Crippen LogP) is 3.18. The lowest BCUT2D eigenvalue weighted by atomic mass is 9.96. The molecule has 0 aliphatic heterocycles. The predicted molar refractivity (Wildman–Crippen MR) is 175 cm³/mol. The highest BCUT2D eigenvalue weighted by Gasteiger charge is 2.31. The molecule has 46 heavy (non-hydrogen) atoms. The maximum Gasteiger partial charge on any atom is 0.306 e. The van der Waals surface area contributed by atoms with Crippen LogP contribution in [-0.4, -0.2) is 49.1 Å². The second-order valence-corrected chi connectivity index (χ2v) is 10.9. The quantitative estimate of drug-likeness (QED) is 0.0681. The molecule has 5 N–H and O–H groups in total. The minimum Gasteiger partial charge on any atom is -0.461 e. The van der Waals surface area contributed by atoms with Gasteiger partial charge in [-0.15, -0.1) is 0 Å². The van der Waals surface area contributed by atoms with Crippen molar-refractivity contribution >= 4 is 35.2 Å². The number of hydrogen-bond donors (Lipinski definition) is 4. The van der Waals surface area contributed by atoms with Crippen molar-refractivity contribution in [3.05, 3.63) is 102 Å². The van der Waals surface area contributed by atoms with Crippen molar-refractivity contribution in [3.8, 4) is 0 Å². The molecule has 0 heterocycles. The number of nitrogens with one attached hydrogen (secondary N) is 3. The van der Waals surface area contributed by atoms with Crippen LogP contribution in [0.25, 0.3) is 0 Å². The van der Waals surface area contributed by atoms with Crippen molar-refractivity contribution in [3.63, 3.8) is 0 Å². The summed E-state index contributed by atoms with van der Waals surface area (Å²) in [6.45, 7) is 0.562. The zero-order valence-electron chi connectivity index (χ0n) is 26.2. The molecule has 0 unspecified atom stereocenters. The molecule has 0 saturated heterocycles. The molecular weight excluding hydrogens is 586 g/mol. The van der Waals surface area contributed by atoms with Gasteiger partial charge in [-0.05, 0) is 55.5 Å². The number of nitrogens with zero attached hydrogens (tertiary/aromatic N) is 1.